The number of aryl methyl sites for hydroxylation is 1. The maximum absolute atomic E-state index is 2.41. The van der Waals surface area contributed by atoms with Crippen LogP contribution in [0.5, 0.6) is 0 Å². The van der Waals surface area contributed by atoms with Crippen LogP contribution in [-0.2, 0) is 17.9 Å². The van der Waals surface area contributed by atoms with Crippen molar-refractivity contribution in [1.82, 2.24) is 4.57 Å². The first-order valence-corrected chi connectivity index (χ1v) is 10.0. The first kappa shape index (κ1) is 18.6. The number of benzene rings is 3. The first-order chi connectivity index (χ1) is 13.3. The molecular weight excluding hydrogens is 338 g/mol. The summed E-state index contributed by atoms with van der Waals surface area (Å²) in [4.78, 5) is 0. The van der Waals surface area contributed by atoms with Crippen molar-refractivity contribution in [3.8, 4) is 0 Å². The summed E-state index contributed by atoms with van der Waals surface area (Å²) in [5.41, 5.74) is 6.58. The molecule has 0 radical (unpaired) electrons. The van der Waals surface area contributed by atoms with Crippen LogP contribution in [-0.4, -0.2) is 4.57 Å². The van der Waals surface area contributed by atoms with E-state index in [4.69, 9.17) is 0 Å². The second kappa shape index (κ2) is 6.67. The third-order valence-electron chi connectivity index (χ3n) is 6.36. The van der Waals surface area contributed by atoms with E-state index < -0.39 is 0 Å². The number of rotatable bonds is 4. The van der Waals surface area contributed by atoms with E-state index in [0.29, 0.717) is 0 Å². The number of nitrogens with zero attached hydrogens (tertiary/aromatic N) is 1. The van der Waals surface area contributed by atoms with Crippen LogP contribution in [0.15, 0.2) is 84.9 Å². The molecule has 1 nitrogen and oxygen atoms in total. The molecule has 4 rings (SSSR count). The molecule has 0 saturated heterocycles. The maximum atomic E-state index is 2.41. The molecule has 0 aliphatic carbocycles. The van der Waals surface area contributed by atoms with Crippen LogP contribution < -0.4 is 0 Å². The van der Waals surface area contributed by atoms with Gasteiger partial charge in [0.2, 0.25) is 0 Å². The summed E-state index contributed by atoms with van der Waals surface area (Å²) in [7, 11) is 2.22. The number of hydrogen-bond donors (Lipinski definition) is 0. The zero-order chi connectivity index (χ0) is 19.9. The second-order valence-corrected chi connectivity index (χ2v) is 8.81. The van der Waals surface area contributed by atoms with Crippen LogP contribution >= 0.6 is 0 Å². The lowest BCUT2D eigenvalue weighted by atomic mass is 9.77. The van der Waals surface area contributed by atoms with Crippen molar-refractivity contribution in [2.24, 2.45) is 7.05 Å². The molecule has 1 heteroatoms. The number of hydrogen-bond acceptors (Lipinski definition) is 0. The molecule has 0 aliphatic rings. The highest BCUT2D eigenvalue weighted by molar-refractivity contribution is 5.86. The quantitative estimate of drug-likeness (QED) is 0.372. The highest BCUT2D eigenvalue weighted by Crippen LogP contribution is 2.40. The fraction of sp³-hybridized carbons (Fsp3) is 0.259. The summed E-state index contributed by atoms with van der Waals surface area (Å²) in [6.45, 7) is 9.29. The highest BCUT2D eigenvalue weighted by atomic mass is 15.0. The fourth-order valence-corrected chi connectivity index (χ4v) is 4.53. The van der Waals surface area contributed by atoms with E-state index >= 15 is 0 Å². The average molecular weight is 368 g/mol. The Balaban J connectivity index is 1.93. The van der Waals surface area contributed by atoms with E-state index in [1.54, 1.807) is 0 Å². The topological polar surface area (TPSA) is 4.93 Å². The predicted molar refractivity (Wildman–Crippen MR) is 120 cm³/mol. The van der Waals surface area contributed by atoms with Crippen LogP contribution in [0.1, 0.15) is 50.1 Å². The predicted octanol–water partition coefficient (Wildman–Crippen LogP) is 6.83. The Morgan fingerprint density at radius 2 is 1.14 bits per heavy atom. The van der Waals surface area contributed by atoms with Gasteiger partial charge >= 0.3 is 0 Å². The zero-order valence-corrected chi connectivity index (χ0v) is 17.5. The molecule has 1 aromatic heterocycles. The standard InChI is InChI=1S/C27H29N/c1-26(2,21-14-8-6-9-15-21)23-18-12-13-20-19-24(28(5)25(20)23)27(3,4)22-16-10-7-11-17-22/h6-19H,1-5H3. The molecule has 0 spiro atoms. The van der Waals surface area contributed by atoms with E-state index in [0.717, 1.165) is 0 Å². The third-order valence-corrected chi connectivity index (χ3v) is 6.36. The SMILES string of the molecule is Cn1c(C(C)(C)c2ccccc2)cc2cccc(C(C)(C)c3ccccc3)c21. The van der Waals surface area contributed by atoms with E-state index in [1.165, 1.54) is 33.3 Å². The molecule has 0 fully saturated rings. The van der Waals surface area contributed by atoms with Crippen molar-refractivity contribution in [3.05, 3.63) is 107 Å². The Morgan fingerprint density at radius 1 is 0.607 bits per heavy atom. The van der Waals surface area contributed by atoms with Crippen molar-refractivity contribution in [3.63, 3.8) is 0 Å². The number of aromatic nitrogens is 1. The second-order valence-electron chi connectivity index (χ2n) is 8.81. The van der Waals surface area contributed by atoms with E-state index in [9.17, 15) is 0 Å². The van der Waals surface area contributed by atoms with Gasteiger partial charge in [-0.3, -0.25) is 0 Å². The lowest BCUT2D eigenvalue weighted by molar-refractivity contribution is 0.586. The molecule has 1 heterocycles. The minimum Gasteiger partial charge on any atom is -0.347 e. The van der Waals surface area contributed by atoms with Gasteiger partial charge in [-0.2, -0.15) is 0 Å². The molecule has 3 aromatic carbocycles. The Kier molecular flexibility index (Phi) is 4.42. The highest BCUT2D eigenvalue weighted by Gasteiger charge is 2.30. The summed E-state index contributed by atoms with van der Waals surface area (Å²) >= 11 is 0. The van der Waals surface area contributed by atoms with E-state index in [-0.39, 0.29) is 10.8 Å². The molecule has 0 atom stereocenters. The monoisotopic (exact) mass is 367 g/mol. The van der Waals surface area contributed by atoms with Crippen LogP contribution in [0, 0.1) is 0 Å². The van der Waals surface area contributed by atoms with Crippen molar-refractivity contribution >= 4 is 10.9 Å². The Morgan fingerprint density at radius 3 is 1.71 bits per heavy atom. The van der Waals surface area contributed by atoms with Gasteiger partial charge < -0.3 is 4.57 Å². The van der Waals surface area contributed by atoms with Gasteiger partial charge in [0, 0.05) is 29.0 Å². The molecule has 28 heavy (non-hydrogen) atoms. The summed E-state index contributed by atoms with van der Waals surface area (Å²) in [6, 6.07) is 30.7. The molecule has 0 N–H and O–H groups in total. The van der Waals surface area contributed by atoms with Crippen LogP contribution in [0.2, 0.25) is 0 Å². The summed E-state index contributed by atoms with van der Waals surface area (Å²) in [5, 5.41) is 1.31. The molecule has 142 valence electrons. The zero-order valence-electron chi connectivity index (χ0n) is 17.5. The summed E-state index contributed by atoms with van der Waals surface area (Å²) in [5.74, 6) is 0. The Bertz CT molecular complexity index is 1100. The van der Waals surface area contributed by atoms with Crippen molar-refractivity contribution in [2.75, 3.05) is 0 Å². The van der Waals surface area contributed by atoms with Gasteiger partial charge in [0.15, 0.2) is 0 Å². The van der Waals surface area contributed by atoms with Gasteiger partial charge in [-0.15, -0.1) is 0 Å². The largest absolute Gasteiger partial charge is 0.347 e. The molecule has 0 saturated carbocycles. The Hall–Kier alpha value is -2.80. The summed E-state index contributed by atoms with van der Waals surface area (Å²) in [6.07, 6.45) is 0. The Labute approximate surface area is 168 Å². The third kappa shape index (κ3) is 2.86. The van der Waals surface area contributed by atoms with Gasteiger partial charge in [0.05, 0.1) is 5.52 Å². The number of para-hydroxylation sites is 1. The molecule has 4 aromatic rings. The molecule has 0 unspecified atom stereocenters. The van der Waals surface area contributed by atoms with Crippen molar-refractivity contribution in [1.29, 1.82) is 0 Å². The lowest BCUT2D eigenvalue weighted by Gasteiger charge is -2.29. The van der Waals surface area contributed by atoms with E-state index in [1.807, 2.05) is 0 Å². The minimum atomic E-state index is -0.0684. The average Bonchev–Trinajstić information content (AvgIpc) is 3.07. The molecule has 0 bridgehead atoms. The fourth-order valence-electron chi connectivity index (χ4n) is 4.53. The molecular formula is C27H29N. The van der Waals surface area contributed by atoms with Crippen LogP contribution in [0.25, 0.3) is 10.9 Å². The summed E-state index contributed by atoms with van der Waals surface area (Å²) < 4.78 is 2.41. The van der Waals surface area contributed by atoms with Crippen LogP contribution in [0.4, 0.5) is 0 Å². The van der Waals surface area contributed by atoms with Gasteiger partial charge in [0.1, 0.15) is 0 Å². The minimum absolute atomic E-state index is 0.0663. The van der Waals surface area contributed by atoms with Crippen molar-refractivity contribution in [2.45, 2.75) is 38.5 Å². The molecule has 0 amide bonds. The van der Waals surface area contributed by atoms with Crippen molar-refractivity contribution < 1.29 is 0 Å². The first-order valence-electron chi connectivity index (χ1n) is 10.0. The van der Waals surface area contributed by atoms with Gasteiger partial charge in [-0.25, -0.2) is 0 Å². The van der Waals surface area contributed by atoms with Gasteiger partial charge in [-0.1, -0.05) is 107 Å². The van der Waals surface area contributed by atoms with Crippen LogP contribution in [0.3, 0.4) is 0 Å². The molecule has 0 aliphatic heterocycles. The normalized spacial score (nSPS) is 12.5. The maximum Gasteiger partial charge on any atom is 0.0521 e. The van der Waals surface area contributed by atoms with Gasteiger partial charge in [-0.05, 0) is 22.8 Å². The van der Waals surface area contributed by atoms with Gasteiger partial charge in [0.25, 0.3) is 0 Å². The lowest BCUT2D eigenvalue weighted by Crippen LogP contribution is -2.23. The smallest absolute Gasteiger partial charge is 0.0521 e. The number of fused-ring (bicyclic) bond motifs is 1. The van der Waals surface area contributed by atoms with E-state index in [2.05, 4.69) is 124 Å².